The Morgan fingerprint density at radius 1 is 1.38 bits per heavy atom. The van der Waals surface area contributed by atoms with Gasteiger partial charge in [0.25, 0.3) is 0 Å². The fourth-order valence-electron chi connectivity index (χ4n) is 2.64. The lowest BCUT2D eigenvalue weighted by molar-refractivity contribution is 0.249. The molecule has 0 spiro atoms. The summed E-state index contributed by atoms with van der Waals surface area (Å²) in [4.78, 5) is 12.0. The largest absolute Gasteiger partial charge is 0.334 e. The zero-order valence-electron chi connectivity index (χ0n) is 12.3. The average molecular weight is 303 g/mol. The maximum atomic E-state index is 12.0. The third kappa shape index (κ3) is 4.68. The van der Waals surface area contributed by atoms with Crippen LogP contribution in [0.1, 0.15) is 31.7 Å². The number of carbonyl (C=O) groups excluding carboxylic acids is 1. The maximum absolute atomic E-state index is 12.0. The van der Waals surface area contributed by atoms with Crippen LogP contribution < -0.4 is 10.6 Å². The molecule has 2 unspecified atom stereocenters. The smallest absolute Gasteiger partial charge is 0.319 e. The fourth-order valence-corrected chi connectivity index (χ4v) is 3.84. The fraction of sp³-hybridized carbons (Fsp3) is 0.500. The number of nitrogens with one attached hydrogen (secondary N) is 2. The second kappa shape index (κ2) is 7.94. The second-order valence-corrected chi connectivity index (χ2v) is 6.68. The molecule has 2 N–H and O–H groups in total. The van der Waals surface area contributed by atoms with Crippen molar-refractivity contribution in [2.24, 2.45) is 0 Å². The molecule has 0 bridgehead atoms. The highest BCUT2D eigenvalue weighted by atomic mass is 32.2. The van der Waals surface area contributed by atoms with Crippen molar-refractivity contribution in [3.63, 3.8) is 0 Å². The third-order valence-corrected chi connectivity index (χ3v) is 4.97. The first kappa shape index (κ1) is 15.7. The normalized spacial score (nSPS) is 20.8. The van der Waals surface area contributed by atoms with Crippen LogP contribution in [0.5, 0.6) is 0 Å². The average Bonchev–Trinajstić information content (AvgIpc) is 2.89. The van der Waals surface area contributed by atoms with Gasteiger partial charge in [-0.15, -0.1) is 0 Å². The number of anilines is 1. The van der Waals surface area contributed by atoms with E-state index in [1.165, 1.54) is 12.8 Å². The molecule has 4 nitrogen and oxygen atoms in total. The van der Waals surface area contributed by atoms with Gasteiger partial charge in [-0.05, 0) is 36.3 Å². The SMILES string of the molecule is CCSC1CCCC1NC(=O)Nc1ccc(CC#N)cc1. The summed E-state index contributed by atoms with van der Waals surface area (Å²) in [6.07, 6.45) is 3.83. The summed E-state index contributed by atoms with van der Waals surface area (Å²) in [6, 6.07) is 9.63. The van der Waals surface area contributed by atoms with Gasteiger partial charge in [0, 0.05) is 17.0 Å². The summed E-state index contributed by atoms with van der Waals surface area (Å²) >= 11 is 1.93. The standard InChI is InChI=1S/C16H21N3OS/c1-2-21-15-5-3-4-14(15)19-16(20)18-13-8-6-12(7-9-13)10-11-17/h6-9,14-15H,2-5,10H2,1H3,(H2,18,19,20). The van der Waals surface area contributed by atoms with Gasteiger partial charge in [-0.2, -0.15) is 17.0 Å². The Hall–Kier alpha value is -1.67. The molecule has 2 atom stereocenters. The molecule has 112 valence electrons. The van der Waals surface area contributed by atoms with E-state index in [2.05, 4.69) is 23.6 Å². The van der Waals surface area contributed by atoms with Gasteiger partial charge in [0.15, 0.2) is 0 Å². The highest BCUT2D eigenvalue weighted by Gasteiger charge is 2.28. The van der Waals surface area contributed by atoms with E-state index in [-0.39, 0.29) is 12.1 Å². The van der Waals surface area contributed by atoms with Gasteiger partial charge in [0.2, 0.25) is 0 Å². The summed E-state index contributed by atoms with van der Waals surface area (Å²) in [5, 5.41) is 15.1. The van der Waals surface area contributed by atoms with E-state index < -0.39 is 0 Å². The van der Waals surface area contributed by atoms with Crippen LogP contribution in [-0.4, -0.2) is 23.1 Å². The molecule has 1 aliphatic carbocycles. The Kier molecular flexibility index (Phi) is 5.94. The molecule has 1 aromatic carbocycles. The lowest BCUT2D eigenvalue weighted by atomic mass is 10.1. The molecule has 21 heavy (non-hydrogen) atoms. The number of rotatable bonds is 5. The van der Waals surface area contributed by atoms with Crippen molar-refractivity contribution in [3.05, 3.63) is 29.8 Å². The van der Waals surface area contributed by atoms with Crippen molar-refractivity contribution < 1.29 is 4.79 Å². The predicted molar refractivity (Wildman–Crippen MR) is 87.5 cm³/mol. The van der Waals surface area contributed by atoms with Crippen molar-refractivity contribution in [3.8, 4) is 6.07 Å². The van der Waals surface area contributed by atoms with Crippen LogP contribution in [0.3, 0.4) is 0 Å². The van der Waals surface area contributed by atoms with Gasteiger partial charge in [-0.1, -0.05) is 25.5 Å². The highest BCUT2D eigenvalue weighted by molar-refractivity contribution is 7.99. The molecule has 1 fully saturated rings. The van der Waals surface area contributed by atoms with Crippen LogP contribution in [-0.2, 0) is 6.42 Å². The van der Waals surface area contributed by atoms with Crippen molar-refractivity contribution in [2.45, 2.75) is 43.9 Å². The van der Waals surface area contributed by atoms with Gasteiger partial charge >= 0.3 is 6.03 Å². The Bertz CT molecular complexity index is 509. The van der Waals surface area contributed by atoms with Gasteiger partial charge in [-0.3, -0.25) is 0 Å². The summed E-state index contributed by atoms with van der Waals surface area (Å²) in [7, 11) is 0. The third-order valence-electron chi connectivity index (χ3n) is 3.64. The molecule has 1 saturated carbocycles. The molecule has 1 aromatic rings. The van der Waals surface area contributed by atoms with E-state index in [4.69, 9.17) is 5.26 Å². The molecule has 0 aromatic heterocycles. The van der Waals surface area contributed by atoms with Gasteiger partial charge in [0.1, 0.15) is 0 Å². The zero-order valence-corrected chi connectivity index (χ0v) is 13.1. The van der Waals surface area contributed by atoms with Gasteiger partial charge in [0.05, 0.1) is 12.5 Å². The van der Waals surface area contributed by atoms with Crippen LogP contribution in [0.4, 0.5) is 10.5 Å². The molecular formula is C16H21N3OS. The van der Waals surface area contributed by atoms with Crippen LogP contribution >= 0.6 is 11.8 Å². The molecule has 0 aliphatic heterocycles. The first-order chi connectivity index (χ1) is 10.2. The van der Waals surface area contributed by atoms with Crippen molar-refractivity contribution in [2.75, 3.05) is 11.1 Å². The van der Waals surface area contributed by atoms with E-state index in [0.29, 0.717) is 11.7 Å². The second-order valence-electron chi connectivity index (χ2n) is 5.16. The van der Waals surface area contributed by atoms with Crippen molar-refractivity contribution in [1.29, 1.82) is 5.26 Å². The first-order valence-electron chi connectivity index (χ1n) is 7.38. The van der Waals surface area contributed by atoms with E-state index in [0.717, 1.165) is 23.4 Å². The Morgan fingerprint density at radius 2 is 2.14 bits per heavy atom. The quantitative estimate of drug-likeness (QED) is 0.874. The number of hydrogen-bond donors (Lipinski definition) is 2. The lowest BCUT2D eigenvalue weighted by Gasteiger charge is -2.20. The van der Waals surface area contributed by atoms with Crippen molar-refractivity contribution >= 4 is 23.5 Å². The van der Waals surface area contributed by atoms with Crippen LogP contribution in [0, 0.1) is 11.3 Å². The minimum atomic E-state index is -0.142. The Morgan fingerprint density at radius 3 is 2.81 bits per heavy atom. The molecule has 0 radical (unpaired) electrons. The molecule has 2 rings (SSSR count). The van der Waals surface area contributed by atoms with Gasteiger partial charge < -0.3 is 10.6 Å². The minimum Gasteiger partial charge on any atom is -0.334 e. The van der Waals surface area contributed by atoms with Crippen LogP contribution in [0.15, 0.2) is 24.3 Å². The Balaban J connectivity index is 1.85. The zero-order chi connectivity index (χ0) is 15.1. The van der Waals surface area contributed by atoms with E-state index in [1.54, 1.807) is 0 Å². The molecule has 0 saturated heterocycles. The number of carbonyl (C=O) groups is 1. The van der Waals surface area contributed by atoms with E-state index in [9.17, 15) is 4.79 Å². The van der Waals surface area contributed by atoms with Crippen molar-refractivity contribution in [1.82, 2.24) is 5.32 Å². The lowest BCUT2D eigenvalue weighted by Crippen LogP contribution is -2.41. The predicted octanol–water partition coefficient (Wildman–Crippen LogP) is 3.55. The molecule has 1 aliphatic rings. The molecule has 0 heterocycles. The van der Waals surface area contributed by atoms with Crippen LogP contribution in [0.25, 0.3) is 0 Å². The number of thioether (sulfide) groups is 1. The molecule has 2 amide bonds. The maximum Gasteiger partial charge on any atom is 0.319 e. The van der Waals surface area contributed by atoms with E-state index in [1.807, 2.05) is 36.0 Å². The summed E-state index contributed by atoms with van der Waals surface area (Å²) in [5.74, 6) is 1.09. The summed E-state index contributed by atoms with van der Waals surface area (Å²) in [5.41, 5.74) is 1.71. The van der Waals surface area contributed by atoms with Crippen LogP contribution in [0.2, 0.25) is 0 Å². The molecule has 5 heteroatoms. The summed E-state index contributed by atoms with van der Waals surface area (Å²) < 4.78 is 0. The van der Waals surface area contributed by atoms with Gasteiger partial charge in [-0.25, -0.2) is 4.79 Å². The number of nitrogens with zero attached hydrogens (tertiary/aromatic N) is 1. The van der Waals surface area contributed by atoms with E-state index >= 15 is 0 Å². The Labute approximate surface area is 130 Å². The highest BCUT2D eigenvalue weighted by Crippen LogP contribution is 2.29. The number of nitriles is 1. The number of amides is 2. The molecular weight excluding hydrogens is 282 g/mol. The summed E-state index contributed by atoms with van der Waals surface area (Å²) in [6.45, 7) is 2.16. The minimum absolute atomic E-state index is 0.142. The monoisotopic (exact) mass is 303 g/mol. The number of urea groups is 1. The number of benzene rings is 1. The first-order valence-corrected chi connectivity index (χ1v) is 8.42. The topological polar surface area (TPSA) is 64.9 Å². The number of hydrogen-bond acceptors (Lipinski definition) is 3.